The van der Waals surface area contributed by atoms with Gasteiger partial charge in [0.15, 0.2) is 11.0 Å². The van der Waals surface area contributed by atoms with Crippen molar-refractivity contribution >= 4 is 29.0 Å². The highest BCUT2D eigenvalue weighted by molar-refractivity contribution is 6.32. The first kappa shape index (κ1) is 12.8. The first-order valence-corrected chi connectivity index (χ1v) is 6.54. The lowest BCUT2D eigenvalue weighted by Gasteiger charge is -2.35. The van der Waals surface area contributed by atoms with E-state index in [0.29, 0.717) is 17.3 Å². The van der Waals surface area contributed by atoms with Crippen molar-refractivity contribution in [3.05, 3.63) is 10.4 Å². The van der Waals surface area contributed by atoms with Crippen LogP contribution in [-0.2, 0) is 0 Å². The maximum Gasteiger partial charge on any atom is 0.245 e. The van der Waals surface area contributed by atoms with Crippen molar-refractivity contribution in [2.75, 3.05) is 5.32 Å². The molecule has 1 aromatic heterocycles. The van der Waals surface area contributed by atoms with Crippen LogP contribution in [0.1, 0.15) is 39.5 Å². The van der Waals surface area contributed by atoms with E-state index in [0.717, 1.165) is 12.8 Å². The summed E-state index contributed by atoms with van der Waals surface area (Å²) in [7, 11) is 0. The lowest BCUT2D eigenvalue weighted by Crippen LogP contribution is -2.32. The standard InChI is InChI=1S/C11H16Cl2N4/c1-11(2)5-3-4-7(6-11)14-9-8(12)16-17-10(13)15-9/h7H,3-6H2,1-2H3,(H,14,15,17). The van der Waals surface area contributed by atoms with Crippen LogP contribution < -0.4 is 5.32 Å². The number of halogens is 2. The average Bonchev–Trinajstić information content (AvgIpc) is 2.22. The molecule has 1 unspecified atom stereocenters. The summed E-state index contributed by atoms with van der Waals surface area (Å²) in [5.74, 6) is 0.536. The Morgan fingerprint density at radius 2 is 2.06 bits per heavy atom. The van der Waals surface area contributed by atoms with Gasteiger partial charge in [-0.25, -0.2) is 0 Å². The monoisotopic (exact) mass is 274 g/mol. The molecule has 2 rings (SSSR count). The molecular weight excluding hydrogens is 259 g/mol. The molecule has 0 spiro atoms. The van der Waals surface area contributed by atoms with Gasteiger partial charge in [-0.05, 0) is 36.3 Å². The fourth-order valence-corrected chi connectivity index (χ4v) is 2.66. The van der Waals surface area contributed by atoms with E-state index in [1.165, 1.54) is 12.8 Å². The van der Waals surface area contributed by atoms with Crippen LogP contribution in [0.25, 0.3) is 0 Å². The second kappa shape index (κ2) is 4.94. The van der Waals surface area contributed by atoms with Crippen LogP contribution >= 0.6 is 23.2 Å². The average molecular weight is 275 g/mol. The van der Waals surface area contributed by atoms with Crippen LogP contribution in [-0.4, -0.2) is 21.2 Å². The highest BCUT2D eigenvalue weighted by atomic mass is 35.5. The molecule has 0 aliphatic heterocycles. The minimum Gasteiger partial charge on any atom is -0.365 e. The summed E-state index contributed by atoms with van der Waals surface area (Å²) in [5, 5.41) is 11.0. The molecular formula is C11H16Cl2N4. The molecule has 6 heteroatoms. The van der Waals surface area contributed by atoms with Crippen molar-refractivity contribution in [3.8, 4) is 0 Å². The van der Waals surface area contributed by atoms with Crippen molar-refractivity contribution in [2.24, 2.45) is 5.41 Å². The van der Waals surface area contributed by atoms with Crippen LogP contribution in [0.5, 0.6) is 0 Å². The summed E-state index contributed by atoms with van der Waals surface area (Å²) in [6.07, 6.45) is 4.71. The molecule has 0 amide bonds. The number of anilines is 1. The first-order chi connectivity index (χ1) is 7.96. The molecule has 94 valence electrons. The summed E-state index contributed by atoms with van der Waals surface area (Å²) >= 11 is 11.6. The number of hydrogen-bond donors (Lipinski definition) is 1. The van der Waals surface area contributed by atoms with Crippen molar-refractivity contribution in [2.45, 2.75) is 45.6 Å². The Kier molecular flexibility index (Phi) is 3.73. The van der Waals surface area contributed by atoms with Gasteiger partial charge in [0, 0.05) is 6.04 Å². The van der Waals surface area contributed by atoms with Gasteiger partial charge in [-0.15, -0.1) is 10.2 Å². The Bertz CT molecular complexity index is 408. The first-order valence-electron chi connectivity index (χ1n) is 5.78. The molecule has 0 aromatic carbocycles. The van der Waals surface area contributed by atoms with Crippen LogP contribution in [0.3, 0.4) is 0 Å². The van der Waals surface area contributed by atoms with E-state index in [9.17, 15) is 0 Å². The summed E-state index contributed by atoms with van der Waals surface area (Å²) in [4.78, 5) is 4.06. The van der Waals surface area contributed by atoms with Gasteiger partial charge in [0.05, 0.1) is 0 Å². The van der Waals surface area contributed by atoms with E-state index in [1.54, 1.807) is 0 Å². The smallest absolute Gasteiger partial charge is 0.245 e. The Labute approximate surface area is 111 Å². The SMILES string of the molecule is CC1(C)CCCC(Nc2nc(Cl)nnc2Cl)C1. The number of aromatic nitrogens is 3. The highest BCUT2D eigenvalue weighted by Gasteiger charge is 2.28. The maximum absolute atomic E-state index is 5.93. The van der Waals surface area contributed by atoms with Gasteiger partial charge < -0.3 is 5.32 Å². The third-order valence-electron chi connectivity index (χ3n) is 3.17. The van der Waals surface area contributed by atoms with Gasteiger partial charge in [-0.1, -0.05) is 31.9 Å². The number of hydrogen-bond acceptors (Lipinski definition) is 4. The topological polar surface area (TPSA) is 50.7 Å². The van der Waals surface area contributed by atoms with Gasteiger partial charge in [-0.3, -0.25) is 0 Å². The Hall–Kier alpha value is -0.610. The highest BCUT2D eigenvalue weighted by Crippen LogP contribution is 2.36. The molecule has 1 heterocycles. The van der Waals surface area contributed by atoms with E-state index < -0.39 is 0 Å². The van der Waals surface area contributed by atoms with Crippen molar-refractivity contribution in [1.82, 2.24) is 15.2 Å². The van der Waals surface area contributed by atoms with E-state index in [1.807, 2.05) is 0 Å². The molecule has 4 nitrogen and oxygen atoms in total. The molecule has 1 saturated carbocycles. The van der Waals surface area contributed by atoms with Crippen LogP contribution in [0.15, 0.2) is 0 Å². The largest absolute Gasteiger partial charge is 0.365 e. The van der Waals surface area contributed by atoms with Gasteiger partial charge in [0.2, 0.25) is 5.28 Å². The van der Waals surface area contributed by atoms with Crippen LogP contribution in [0.4, 0.5) is 5.82 Å². The predicted molar refractivity (Wildman–Crippen MR) is 69.5 cm³/mol. The molecule has 17 heavy (non-hydrogen) atoms. The van der Waals surface area contributed by atoms with E-state index in [2.05, 4.69) is 34.3 Å². The lowest BCUT2D eigenvalue weighted by atomic mass is 9.75. The lowest BCUT2D eigenvalue weighted by molar-refractivity contribution is 0.229. The molecule has 1 aliphatic carbocycles. The van der Waals surface area contributed by atoms with E-state index in [4.69, 9.17) is 23.2 Å². The van der Waals surface area contributed by atoms with E-state index >= 15 is 0 Å². The van der Waals surface area contributed by atoms with E-state index in [-0.39, 0.29) is 10.4 Å². The zero-order valence-electron chi connectivity index (χ0n) is 10.0. The van der Waals surface area contributed by atoms with Gasteiger partial charge in [-0.2, -0.15) is 4.98 Å². The third kappa shape index (κ3) is 3.42. The Morgan fingerprint density at radius 1 is 1.29 bits per heavy atom. The molecule has 0 bridgehead atoms. The zero-order valence-corrected chi connectivity index (χ0v) is 11.5. The fraction of sp³-hybridized carbons (Fsp3) is 0.727. The van der Waals surface area contributed by atoms with Crippen LogP contribution in [0, 0.1) is 5.41 Å². The quantitative estimate of drug-likeness (QED) is 0.896. The fourth-order valence-electron chi connectivity index (χ4n) is 2.40. The number of nitrogens with one attached hydrogen (secondary N) is 1. The van der Waals surface area contributed by atoms with Crippen LogP contribution in [0.2, 0.25) is 10.4 Å². The Morgan fingerprint density at radius 3 is 2.76 bits per heavy atom. The Balaban J connectivity index is 2.07. The van der Waals surface area contributed by atoms with Crippen molar-refractivity contribution in [3.63, 3.8) is 0 Å². The molecule has 0 saturated heterocycles. The second-order valence-corrected chi connectivity index (χ2v) is 6.02. The molecule has 1 atom stereocenters. The van der Waals surface area contributed by atoms with Crippen molar-refractivity contribution in [1.29, 1.82) is 0 Å². The minimum atomic E-state index is 0.118. The molecule has 1 fully saturated rings. The molecule has 1 aliphatic rings. The predicted octanol–water partition coefficient (Wildman–Crippen LogP) is 3.56. The van der Waals surface area contributed by atoms with Gasteiger partial charge in [0.1, 0.15) is 0 Å². The van der Waals surface area contributed by atoms with Crippen molar-refractivity contribution < 1.29 is 0 Å². The third-order valence-corrected chi connectivity index (χ3v) is 3.58. The molecule has 0 radical (unpaired) electrons. The maximum atomic E-state index is 5.93. The second-order valence-electron chi connectivity index (χ2n) is 5.32. The summed E-state index contributed by atoms with van der Waals surface area (Å²) in [6.45, 7) is 4.57. The number of rotatable bonds is 2. The summed E-state index contributed by atoms with van der Waals surface area (Å²) < 4.78 is 0. The van der Waals surface area contributed by atoms with Gasteiger partial charge in [0.25, 0.3) is 0 Å². The summed E-state index contributed by atoms with van der Waals surface area (Å²) in [6, 6.07) is 0.379. The number of nitrogens with zero attached hydrogens (tertiary/aromatic N) is 3. The van der Waals surface area contributed by atoms with Gasteiger partial charge >= 0.3 is 0 Å². The normalized spacial score (nSPS) is 23.4. The minimum absolute atomic E-state index is 0.118. The summed E-state index contributed by atoms with van der Waals surface area (Å²) in [5.41, 5.74) is 0.368. The molecule has 1 N–H and O–H groups in total. The molecule has 1 aromatic rings. The zero-order chi connectivity index (χ0) is 12.5.